The molecule has 3 atom stereocenters. The average molecular weight is 308 g/mol. The highest BCUT2D eigenvalue weighted by atomic mass is 19.1. The standard InChI is InChI=1S/C20H17FO2/c1-2-17(12-14-6-4-3-5-7-14)23-20(22)19-13-18(19)15-8-10-16(21)11-9-15/h1,3-11,17-19H,12-13H2/t17-,18+,19+/m1/s1. The van der Waals surface area contributed by atoms with Gasteiger partial charge >= 0.3 is 5.97 Å². The number of terminal acetylenes is 1. The molecule has 0 aliphatic heterocycles. The van der Waals surface area contributed by atoms with Crippen LogP contribution in [0.1, 0.15) is 23.5 Å². The molecule has 0 aromatic heterocycles. The number of carbonyl (C=O) groups is 1. The molecule has 116 valence electrons. The van der Waals surface area contributed by atoms with E-state index in [-0.39, 0.29) is 23.6 Å². The Morgan fingerprint density at radius 2 is 1.91 bits per heavy atom. The van der Waals surface area contributed by atoms with Gasteiger partial charge in [0.1, 0.15) is 5.82 Å². The van der Waals surface area contributed by atoms with Gasteiger partial charge in [0.25, 0.3) is 0 Å². The van der Waals surface area contributed by atoms with Crippen molar-refractivity contribution in [3.8, 4) is 12.3 Å². The summed E-state index contributed by atoms with van der Waals surface area (Å²) in [5, 5.41) is 0. The molecule has 0 bridgehead atoms. The van der Waals surface area contributed by atoms with Gasteiger partial charge in [0.05, 0.1) is 5.92 Å². The largest absolute Gasteiger partial charge is 0.449 e. The molecule has 3 rings (SSSR count). The zero-order valence-electron chi connectivity index (χ0n) is 12.6. The van der Waals surface area contributed by atoms with E-state index in [2.05, 4.69) is 5.92 Å². The van der Waals surface area contributed by atoms with Gasteiger partial charge in [0.15, 0.2) is 6.10 Å². The Labute approximate surface area is 135 Å². The van der Waals surface area contributed by atoms with Crippen LogP contribution in [0.4, 0.5) is 4.39 Å². The number of hydrogen-bond donors (Lipinski definition) is 0. The van der Waals surface area contributed by atoms with Gasteiger partial charge in [-0.1, -0.05) is 48.4 Å². The van der Waals surface area contributed by atoms with E-state index >= 15 is 0 Å². The summed E-state index contributed by atoms with van der Waals surface area (Å²) in [7, 11) is 0. The van der Waals surface area contributed by atoms with Crippen molar-refractivity contribution in [1.29, 1.82) is 0 Å². The fourth-order valence-electron chi connectivity index (χ4n) is 2.72. The van der Waals surface area contributed by atoms with Gasteiger partial charge in [-0.3, -0.25) is 4.79 Å². The summed E-state index contributed by atoms with van der Waals surface area (Å²) >= 11 is 0. The highest BCUT2D eigenvalue weighted by molar-refractivity contribution is 5.77. The molecule has 0 radical (unpaired) electrons. The molecule has 0 spiro atoms. The first-order valence-electron chi connectivity index (χ1n) is 7.63. The molecule has 0 saturated heterocycles. The van der Waals surface area contributed by atoms with Crippen molar-refractivity contribution in [3.05, 3.63) is 71.5 Å². The summed E-state index contributed by atoms with van der Waals surface area (Å²) < 4.78 is 18.4. The first-order chi connectivity index (χ1) is 11.2. The van der Waals surface area contributed by atoms with E-state index in [1.54, 1.807) is 12.1 Å². The maximum Gasteiger partial charge on any atom is 0.310 e. The van der Waals surface area contributed by atoms with Crippen molar-refractivity contribution in [1.82, 2.24) is 0 Å². The summed E-state index contributed by atoms with van der Waals surface area (Å²) in [4.78, 5) is 12.2. The van der Waals surface area contributed by atoms with E-state index in [9.17, 15) is 9.18 Å². The number of hydrogen-bond acceptors (Lipinski definition) is 2. The monoisotopic (exact) mass is 308 g/mol. The number of ether oxygens (including phenoxy) is 1. The van der Waals surface area contributed by atoms with Crippen molar-refractivity contribution in [2.24, 2.45) is 5.92 Å². The lowest BCUT2D eigenvalue weighted by atomic mass is 10.1. The summed E-state index contributed by atoms with van der Waals surface area (Å²) in [6, 6.07) is 16.0. The smallest absolute Gasteiger partial charge is 0.310 e. The molecule has 2 aromatic rings. The molecule has 1 aliphatic rings. The lowest BCUT2D eigenvalue weighted by molar-refractivity contribution is -0.148. The number of rotatable bonds is 5. The molecule has 0 N–H and O–H groups in total. The Hall–Kier alpha value is -2.60. The Morgan fingerprint density at radius 3 is 2.57 bits per heavy atom. The van der Waals surface area contributed by atoms with E-state index in [1.165, 1.54) is 12.1 Å². The average Bonchev–Trinajstić information content (AvgIpc) is 3.36. The maximum atomic E-state index is 12.9. The molecule has 0 amide bonds. The normalized spacial score (nSPS) is 20.3. The molecular weight excluding hydrogens is 291 g/mol. The van der Waals surface area contributed by atoms with Crippen LogP contribution in [-0.4, -0.2) is 12.1 Å². The minimum atomic E-state index is -0.556. The van der Waals surface area contributed by atoms with Crippen molar-refractivity contribution in [2.75, 3.05) is 0 Å². The number of benzene rings is 2. The Morgan fingerprint density at radius 1 is 1.22 bits per heavy atom. The Balaban J connectivity index is 1.57. The molecule has 23 heavy (non-hydrogen) atoms. The summed E-state index contributed by atoms with van der Waals surface area (Å²) in [6.45, 7) is 0. The van der Waals surface area contributed by atoms with Gasteiger partial charge in [0.2, 0.25) is 0 Å². The highest BCUT2D eigenvalue weighted by Gasteiger charge is 2.45. The second kappa shape index (κ2) is 6.66. The van der Waals surface area contributed by atoms with E-state index in [0.717, 1.165) is 17.5 Å². The number of carbonyl (C=O) groups excluding carboxylic acids is 1. The first-order valence-corrected chi connectivity index (χ1v) is 7.63. The number of halogens is 1. The zero-order chi connectivity index (χ0) is 16.2. The minimum Gasteiger partial charge on any atom is -0.449 e. The van der Waals surface area contributed by atoms with E-state index in [4.69, 9.17) is 11.2 Å². The number of esters is 1. The van der Waals surface area contributed by atoms with Gasteiger partial charge in [-0.25, -0.2) is 4.39 Å². The Bertz CT molecular complexity index is 716. The van der Waals surface area contributed by atoms with Gasteiger partial charge in [-0.2, -0.15) is 0 Å². The zero-order valence-corrected chi connectivity index (χ0v) is 12.6. The SMILES string of the molecule is C#C[C@H](Cc1ccccc1)OC(=O)[C@H]1C[C@H]1c1ccc(F)cc1. The van der Waals surface area contributed by atoms with Crippen LogP contribution in [0.25, 0.3) is 0 Å². The van der Waals surface area contributed by atoms with E-state index in [1.807, 2.05) is 30.3 Å². The van der Waals surface area contributed by atoms with E-state index in [0.29, 0.717) is 6.42 Å². The van der Waals surface area contributed by atoms with Gasteiger partial charge in [-0.05, 0) is 35.6 Å². The molecule has 0 unspecified atom stereocenters. The van der Waals surface area contributed by atoms with Crippen LogP contribution in [0.3, 0.4) is 0 Å². The van der Waals surface area contributed by atoms with Crippen LogP contribution in [0.5, 0.6) is 0 Å². The van der Waals surface area contributed by atoms with Crippen LogP contribution in [0, 0.1) is 24.1 Å². The molecule has 1 fully saturated rings. The fourth-order valence-corrected chi connectivity index (χ4v) is 2.72. The van der Waals surface area contributed by atoms with Crippen LogP contribution >= 0.6 is 0 Å². The predicted molar refractivity (Wildman–Crippen MR) is 86.1 cm³/mol. The van der Waals surface area contributed by atoms with E-state index < -0.39 is 6.10 Å². The molecule has 0 heterocycles. The lowest BCUT2D eigenvalue weighted by Gasteiger charge is -2.12. The van der Waals surface area contributed by atoms with Crippen molar-refractivity contribution >= 4 is 5.97 Å². The van der Waals surface area contributed by atoms with Gasteiger partial charge < -0.3 is 4.74 Å². The third-order valence-electron chi connectivity index (χ3n) is 4.10. The minimum absolute atomic E-state index is 0.109. The predicted octanol–water partition coefficient (Wildman–Crippen LogP) is 3.72. The topological polar surface area (TPSA) is 26.3 Å². The molecule has 1 aliphatic carbocycles. The second-order valence-corrected chi connectivity index (χ2v) is 5.78. The lowest BCUT2D eigenvalue weighted by Crippen LogP contribution is -2.20. The molecular formula is C20H17FO2. The van der Waals surface area contributed by atoms with Crippen LogP contribution in [-0.2, 0) is 16.0 Å². The first kappa shape index (κ1) is 15.3. The van der Waals surface area contributed by atoms with Crippen LogP contribution < -0.4 is 0 Å². The van der Waals surface area contributed by atoms with Crippen molar-refractivity contribution in [3.63, 3.8) is 0 Å². The van der Waals surface area contributed by atoms with Gasteiger partial charge in [-0.15, -0.1) is 6.42 Å². The molecule has 2 nitrogen and oxygen atoms in total. The van der Waals surface area contributed by atoms with Crippen molar-refractivity contribution in [2.45, 2.75) is 24.9 Å². The molecule has 1 saturated carbocycles. The van der Waals surface area contributed by atoms with Crippen molar-refractivity contribution < 1.29 is 13.9 Å². The van der Waals surface area contributed by atoms with Crippen LogP contribution in [0.2, 0.25) is 0 Å². The third-order valence-corrected chi connectivity index (χ3v) is 4.10. The van der Waals surface area contributed by atoms with Crippen LogP contribution in [0.15, 0.2) is 54.6 Å². The summed E-state index contributed by atoms with van der Waals surface area (Å²) in [5.74, 6) is 1.93. The Kier molecular flexibility index (Phi) is 4.43. The highest BCUT2D eigenvalue weighted by Crippen LogP contribution is 2.48. The summed E-state index contributed by atoms with van der Waals surface area (Å²) in [5.41, 5.74) is 2.00. The fraction of sp³-hybridized carbons (Fsp3) is 0.250. The molecule has 2 aromatic carbocycles. The molecule has 3 heteroatoms. The van der Waals surface area contributed by atoms with Gasteiger partial charge in [0, 0.05) is 6.42 Å². The quantitative estimate of drug-likeness (QED) is 0.621. The third kappa shape index (κ3) is 3.78. The maximum absolute atomic E-state index is 12.9. The second-order valence-electron chi connectivity index (χ2n) is 5.78. The summed E-state index contributed by atoms with van der Waals surface area (Å²) in [6.07, 6.45) is 6.17.